The van der Waals surface area contributed by atoms with Crippen LogP contribution in [-0.2, 0) is 17.6 Å². The van der Waals surface area contributed by atoms with Gasteiger partial charge in [-0.3, -0.25) is 9.69 Å². The highest BCUT2D eigenvalue weighted by atomic mass is 32.1. The smallest absolute Gasteiger partial charge is 0.236 e. The number of carbonyl (C=O) groups excluding carboxylic acids is 1. The molecule has 46 heavy (non-hydrogen) atoms. The molecule has 3 fully saturated rings. The fourth-order valence-corrected chi connectivity index (χ4v) is 8.47. The molecule has 2 aromatic carbocycles. The lowest BCUT2D eigenvalue weighted by atomic mass is 9.72. The normalized spacial score (nSPS) is 18.7. The molecule has 0 bridgehead atoms. The van der Waals surface area contributed by atoms with Crippen LogP contribution < -0.4 is 9.80 Å². The first kappa shape index (κ1) is 29.2. The van der Waals surface area contributed by atoms with Crippen LogP contribution in [0.15, 0.2) is 36.4 Å². The molecule has 0 radical (unpaired) electrons. The predicted molar refractivity (Wildman–Crippen MR) is 172 cm³/mol. The number of thiazole rings is 1. The zero-order valence-electron chi connectivity index (χ0n) is 25.5. The Labute approximate surface area is 269 Å². The Morgan fingerprint density at radius 3 is 2.61 bits per heavy atom. The molecular formula is C34H33F2N7O2S. The van der Waals surface area contributed by atoms with Crippen LogP contribution in [0.3, 0.4) is 0 Å². The summed E-state index contributed by atoms with van der Waals surface area (Å²) < 4.78 is 29.5. The van der Waals surface area contributed by atoms with Gasteiger partial charge in [-0.05, 0) is 61.2 Å². The third-order valence-corrected chi connectivity index (χ3v) is 11.0. The Bertz CT molecular complexity index is 1900. The third-order valence-electron chi connectivity index (χ3n) is 9.94. The maximum absolute atomic E-state index is 15.9. The Balaban J connectivity index is 1.05. The number of amides is 1. The lowest BCUT2D eigenvalue weighted by molar-refractivity contribution is -0.143. The predicted octanol–water partition coefficient (Wildman–Crippen LogP) is 4.34. The number of likely N-dealkylation sites (tertiary alicyclic amines) is 2. The number of halogens is 2. The number of anilines is 3. The van der Waals surface area contributed by atoms with Crippen molar-refractivity contribution in [2.45, 2.75) is 19.3 Å². The van der Waals surface area contributed by atoms with Gasteiger partial charge >= 0.3 is 0 Å². The summed E-state index contributed by atoms with van der Waals surface area (Å²) in [6, 6.07) is 11.8. The number of aliphatic hydroxyl groups excluding tert-OH is 1. The first-order valence-corrected chi connectivity index (χ1v) is 16.5. The highest BCUT2D eigenvalue weighted by Crippen LogP contribution is 2.46. The second-order valence-corrected chi connectivity index (χ2v) is 14.2. The standard InChI is InChI=1S/C34H33F2N7O2S/c1-40(33-39-30(28(11-37)46-33)21-5-7-22(35)8-6-21)32-24-3-2-4-27(24)38-31-25(32)9-23(10-26(31)36)43-18-34(19-43)16-41(17-34)14-29(45)42-12-20(13-42)15-44/h5-10,20,44H,2-4,12-19H2,1H3. The Morgan fingerprint density at radius 1 is 1.13 bits per heavy atom. The molecule has 9 nitrogen and oxygen atoms in total. The number of carbonyl (C=O) groups is 1. The van der Waals surface area contributed by atoms with Gasteiger partial charge in [-0.25, -0.2) is 18.7 Å². The van der Waals surface area contributed by atoms with Crippen LogP contribution in [-0.4, -0.2) is 90.2 Å². The topological polar surface area (TPSA) is 99.8 Å². The van der Waals surface area contributed by atoms with Gasteiger partial charge < -0.3 is 19.8 Å². The molecule has 0 atom stereocenters. The number of fused-ring (bicyclic) bond motifs is 2. The van der Waals surface area contributed by atoms with E-state index in [0.29, 0.717) is 51.8 Å². The lowest BCUT2D eigenvalue weighted by Crippen LogP contribution is -2.73. The molecule has 3 saturated heterocycles. The number of aromatic nitrogens is 2. The number of rotatable bonds is 7. The van der Waals surface area contributed by atoms with E-state index in [2.05, 4.69) is 15.9 Å². The molecule has 1 N–H and O–H groups in total. The van der Waals surface area contributed by atoms with Gasteiger partial charge in [0.1, 0.15) is 28.0 Å². The van der Waals surface area contributed by atoms with E-state index in [1.54, 1.807) is 18.2 Å². The van der Waals surface area contributed by atoms with E-state index >= 15 is 4.39 Å². The largest absolute Gasteiger partial charge is 0.396 e. The summed E-state index contributed by atoms with van der Waals surface area (Å²) >= 11 is 1.26. The minimum atomic E-state index is -0.363. The maximum Gasteiger partial charge on any atom is 0.236 e. The van der Waals surface area contributed by atoms with Crippen LogP contribution >= 0.6 is 11.3 Å². The van der Waals surface area contributed by atoms with Gasteiger partial charge in [-0.2, -0.15) is 5.26 Å². The number of nitriles is 1. The SMILES string of the molecule is CN(c1nc(-c2ccc(F)cc2)c(C#N)s1)c1c2c(nc3c(F)cc(N4CC5(CN(CC(=O)N6CC(CO)C6)C5)C4)cc13)CCC2. The summed E-state index contributed by atoms with van der Waals surface area (Å²) in [7, 11) is 1.90. The summed E-state index contributed by atoms with van der Waals surface area (Å²) in [5.41, 5.74) is 5.24. The number of hydrogen-bond donors (Lipinski definition) is 1. The van der Waals surface area contributed by atoms with Crippen LogP contribution in [0.2, 0.25) is 0 Å². The van der Waals surface area contributed by atoms with Crippen molar-refractivity contribution < 1.29 is 18.7 Å². The number of nitrogens with zero attached hydrogens (tertiary/aromatic N) is 7. The van der Waals surface area contributed by atoms with Crippen molar-refractivity contribution in [3.63, 3.8) is 0 Å². The molecule has 12 heteroatoms. The number of hydrogen-bond acceptors (Lipinski definition) is 9. The van der Waals surface area contributed by atoms with Gasteiger partial charge in [-0.15, -0.1) is 0 Å². The molecule has 2 aromatic heterocycles. The van der Waals surface area contributed by atoms with E-state index in [1.165, 1.54) is 23.5 Å². The van der Waals surface area contributed by atoms with Crippen molar-refractivity contribution in [3.8, 4) is 17.3 Å². The van der Waals surface area contributed by atoms with Gasteiger partial charge in [0.25, 0.3) is 0 Å². The minimum Gasteiger partial charge on any atom is -0.396 e. The maximum atomic E-state index is 15.9. The molecule has 236 valence electrons. The van der Waals surface area contributed by atoms with Crippen LogP contribution in [0.4, 0.5) is 25.3 Å². The second-order valence-electron chi connectivity index (χ2n) is 13.3. The Kier molecular flexibility index (Phi) is 6.97. The molecule has 0 unspecified atom stereocenters. The van der Waals surface area contributed by atoms with Gasteiger partial charge in [0.2, 0.25) is 5.91 Å². The summed E-state index contributed by atoms with van der Waals surface area (Å²) in [6.45, 7) is 5.09. The molecule has 3 aliphatic heterocycles. The zero-order valence-corrected chi connectivity index (χ0v) is 26.3. The third kappa shape index (κ3) is 4.80. The van der Waals surface area contributed by atoms with Crippen LogP contribution in [0.5, 0.6) is 0 Å². The Morgan fingerprint density at radius 2 is 1.89 bits per heavy atom. The molecule has 1 spiro atoms. The van der Waals surface area contributed by atoms with E-state index in [0.717, 1.165) is 68.1 Å². The first-order chi connectivity index (χ1) is 22.2. The minimum absolute atomic E-state index is 0.107. The average molecular weight is 642 g/mol. The van der Waals surface area contributed by atoms with Crippen molar-refractivity contribution >= 4 is 44.7 Å². The summed E-state index contributed by atoms with van der Waals surface area (Å²) in [5, 5.41) is 20.4. The quantitative estimate of drug-likeness (QED) is 0.319. The van der Waals surface area contributed by atoms with Gasteiger partial charge in [0, 0.05) is 86.6 Å². The van der Waals surface area contributed by atoms with Crippen molar-refractivity contribution in [2.24, 2.45) is 11.3 Å². The average Bonchev–Trinajstić information content (AvgIpc) is 3.63. The van der Waals surface area contributed by atoms with Crippen LogP contribution in [0.25, 0.3) is 22.2 Å². The van der Waals surface area contributed by atoms with Crippen molar-refractivity contribution in [1.82, 2.24) is 19.8 Å². The Hall–Kier alpha value is -4.18. The van der Waals surface area contributed by atoms with Crippen LogP contribution in [0, 0.1) is 34.3 Å². The van der Waals surface area contributed by atoms with Gasteiger partial charge in [0.05, 0.1) is 12.2 Å². The molecule has 4 aliphatic rings. The molecule has 5 heterocycles. The molecular weight excluding hydrogens is 608 g/mol. The molecule has 1 amide bonds. The highest BCUT2D eigenvalue weighted by molar-refractivity contribution is 7.16. The fourth-order valence-electron chi connectivity index (χ4n) is 7.62. The summed E-state index contributed by atoms with van der Waals surface area (Å²) in [5.74, 6) is -0.389. The molecule has 0 saturated carbocycles. The summed E-state index contributed by atoms with van der Waals surface area (Å²) in [4.78, 5) is 30.7. The first-order valence-electron chi connectivity index (χ1n) is 15.7. The van der Waals surface area contributed by atoms with Gasteiger partial charge in [-0.1, -0.05) is 11.3 Å². The number of pyridine rings is 1. The highest BCUT2D eigenvalue weighted by Gasteiger charge is 2.52. The number of aliphatic hydroxyl groups is 1. The lowest BCUT2D eigenvalue weighted by Gasteiger charge is -2.61. The van der Waals surface area contributed by atoms with E-state index < -0.39 is 0 Å². The second kappa shape index (κ2) is 11.0. The van der Waals surface area contributed by atoms with Crippen molar-refractivity contribution in [1.29, 1.82) is 5.26 Å². The van der Waals surface area contributed by atoms with E-state index in [-0.39, 0.29) is 35.5 Å². The summed E-state index contributed by atoms with van der Waals surface area (Å²) in [6.07, 6.45) is 2.54. The van der Waals surface area contributed by atoms with Crippen molar-refractivity contribution in [3.05, 3.63) is 64.2 Å². The number of aryl methyl sites for hydroxylation is 1. The van der Waals surface area contributed by atoms with Crippen molar-refractivity contribution in [2.75, 3.05) is 69.3 Å². The van der Waals surface area contributed by atoms with E-state index in [1.807, 2.05) is 22.9 Å². The fraction of sp³-hybridized carbons (Fsp3) is 0.412. The molecule has 4 aromatic rings. The van der Waals surface area contributed by atoms with Gasteiger partial charge in [0.15, 0.2) is 10.9 Å². The van der Waals surface area contributed by atoms with Crippen LogP contribution in [0.1, 0.15) is 22.6 Å². The van der Waals surface area contributed by atoms with E-state index in [4.69, 9.17) is 9.97 Å². The molecule has 8 rings (SSSR count). The number of benzene rings is 2. The monoisotopic (exact) mass is 641 g/mol. The van der Waals surface area contributed by atoms with E-state index in [9.17, 15) is 19.6 Å². The molecule has 1 aliphatic carbocycles. The zero-order chi connectivity index (χ0) is 31.7.